The Morgan fingerprint density at radius 3 is 2.22 bits per heavy atom. The summed E-state index contributed by atoms with van der Waals surface area (Å²) in [7, 11) is 0. The number of nitrogens with zero attached hydrogens (tertiary/aromatic N) is 1. The van der Waals surface area contributed by atoms with E-state index in [1.807, 2.05) is 13.8 Å². The van der Waals surface area contributed by atoms with Crippen molar-refractivity contribution in [3.05, 3.63) is 0 Å². The molecule has 0 spiro atoms. The molecule has 4 heteroatoms. The highest BCUT2D eigenvalue weighted by atomic mass is 16.2. The van der Waals surface area contributed by atoms with Crippen LogP contribution in [0.5, 0.6) is 0 Å². The van der Waals surface area contributed by atoms with Crippen LogP contribution in [0.25, 0.3) is 0 Å². The van der Waals surface area contributed by atoms with Crippen molar-refractivity contribution in [2.24, 2.45) is 11.3 Å². The molecular weight excluding hydrogens is 228 g/mol. The molecule has 1 rings (SSSR count). The van der Waals surface area contributed by atoms with E-state index in [2.05, 4.69) is 33.0 Å². The average Bonchev–Trinajstić information content (AvgIpc) is 2.48. The first-order valence-electron chi connectivity index (χ1n) is 6.74. The van der Waals surface area contributed by atoms with Crippen molar-refractivity contribution >= 4 is 11.8 Å². The van der Waals surface area contributed by atoms with Gasteiger partial charge in [0.1, 0.15) is 0 Å². The van der Waals surface area contributed by atoms with Crippen molar-refractivity contribution in [3.63, 3.8) is 0 Å². The van der Waals surface area contributed by atoms with Crippen molar-refractivity contribution in [2.45, 2.75) is 60.0 Å². The van der Waals surface area contributed by atoms with Gasteiger partial charge in [-0.05, 0) is 31.7 Å². The van der Waals surface area contributed by atoms with Gasteiger partial charge in [0.15, 0.2) is 0 Å². The van der Waals surface area contributed by atoms with E-state index in [-0.39, 0.29) is 29.3 Å². The number of hydrogen-bond acceptors (Lipinski definition) is 3. The molecule has 2 atom stereocenters. The molecule has 0 aromatic rings. The van der Waals surface area contributed by atoms with Gasteiger partial charge in [0.25, 0.3) is 0 Å². The minimum absolute atomic E-state index is 0.0446. The van der Waals surface area contributed by atoms with E-state index in [1.54, 1.807) is 0 Å². The zero-order valence-electron chi connectivity index (χ0n) is 12.4. The predicted molar refractivity (Wildman–Crippen MR) is 72.0 cm³/mol. The highest BCUT2D eigenvalue weighted by Gasteiger charge is 2.39. The van der Waals surface area contributed by atoms with Crippen molar-refractivity contribution in [3.8, 4) is 0 Å². The predicted octanol–water partition coefficient (Wildman–Crippen LogP) is 1.79. The van der Waals surface area contributed by atoms with E-state index in [0.29, 0.717) is 12.3 Å². The van der Waals surface area contributed by atoms with Crippen LogP contribution in [0, 0.1) is 11.3 Å². The van der Waals surface area contributed by atoms with Gasteiger partial charge in [-0.3, -0.25) is 14.5 Å². The maximum absolute atomic E-state index is 12.1. The van der Waals surface area contributed by atoms with Gasteiger partial charge in [0.05, 0.1) is 12.5 Å². The number of hydrogen-bond donors (Lipinski definition) is 1. The molecule has 1 aliphatic rings. The van der Waals surface area contributed by atoms with E-state index >= 15 is 0 Å². The Balaban J connectivity index is 2.56. The molecule has 0 aliphatic carbocycles. The molecule has 1 aliphatic heterocycles. The molecule has 104 valence electrons. The van der Waals surface area contributed by atoms with Crippen molar-refractivity contribution in [2.75, 3.05) is 6.54 Å². The monoisotopic (exact) mass is 254 g/mol. The second-order valence-electron chi connectivity index (χ2n) is 6.63. The standard InChI is InChI=1S/C14H26N2O2/c1-9(2)16-12(17)7-11(13(16)18)15-8-10(3)14(4,5)6/h9-11,15H,7-8H2,1-6H3. The summed E-state index contributed by atoms with van der Waals surface area (Å²) in [5.74, 6) is 0.320. The molecule has 1 N–H and O–H groups in total. The van der Waals surface area contributed by atoms with Crippen molar-refractivity contribution in [1.29, 1.82) is 0 Å². The number of likely N-dealkylation sites (tertiary alicyclic amines) is 1. The Bertz CT molecular complexity index is 331. The van der Waals surface area contributed by atoms with E-state index in [4.69, 9.17) is 0 Å². The number of nitrogens with one attached hydrogen (secondary N) is 1. The Morgan fingerprint density at radius 1 is 1.28 bits per heavy atom. The van der Waals surface area contributed by atoms with Crippen LogP contribution in [0.15, 0.2) is 0 Å². The first-order chi connectivity index (χ1) is 8.14. The van der Waals surface area contributed by atoms with Gasteiger partial charge >= 0.3 is 0 Å². The van der Waals surface area contributed by atoms with Crippen LogP contribution in [0.4, 0.5) is 0 Å². The number of carbonyl (C=O) groups excluding carboxylic acids is 2. The molecule has 0 saturated carbocycles. The lowest BCUT2D eigenvalue weighted by Crippen LogP contribution is -2.43. The number of carbonyl (C=O) groups is 2. The first kappa shape index (κ1) is 15.2. The summed E-state index contributed by atoms with van der Waals surface area (Å²) in [6, 6.07) is -0.374. The summed E-state index contributed by atoms with van der Waals surface area (Å²) in [6.45, 7) is 13.2. The molecule has 0 radical (unpaired) electrons. The molecular formula is C14H26N2O2. The lowest BCUT2D eigenvalue weighted by atomic mass is 9.82. The molecule has 0 aromatic heterocycles. The largest absolute Gasteiger partial charge is 0.305 e. The highest BCUT2D eigenvalue weighted by Crippen LogP contribution is 2.25. The van der Waals surface area contributed by atoms with Crippen LogP contribution < -0.4 is 5.32 Å². The minimum Gasteiger partial charge on any atom is -0.305 e. The van der Waals surface area contributed by atoms with Crippen LogP contribution in [-0.4, -0.2) is 35.3 Å². The van der Waals surface area contributed by atoms with Crippen LogP contribution >= 0.6 is 0 Å². The topological polar surface area (TPSA) is 49.4 Å². The van der Waals surface area contributed by atoms with Gasteiger partial charge in [-0.1, -0.05) is 27.7 Å². The van der Waals surface area contributed by atoms with Gasteiger partial charge in [-0.2, -0.15) is 0 Å². The van der Waals surface area contributed by atoms with E-state index < -0.39 is 0 Å². The molecule has 1 heterocycles. The van der Waals surface area contributed by atoms with Gasteiger partial charge in [-0.25, -0.2) is 0 Å². The molecule has 0 aromatic carbocycles. The maximum Gasteiger partial charge on any atom is 0.247 e. The fraction of sp³-hybridized carbons (Fsp3) is 0.857. The lowest BCUT2D eigenvalue weighted by molar-refractivity contribution is -0.140. The van der Waals surface area contributed by atoms with Crippen LogP contribution in [0.1, 0.15) is 48.0 Å². The first-order valence-corrected chi connectivity index (χ1v) is 6.74. The molecule has 1 fully saturated rings. The van der Waals surface area contributed by atoms with E-state index in [9.17, 15) is 9.59 Å². The summed E-state index contributed by atoms with van der Waals surface area (Å²) >= 11 is 0. The normalized spacial score (nSPS) is 23.1. The second-order valence-corrected chi connectivity index (χ2v) is 6.63. The number of rotatable bonds is 4. The lowest BCUT2D eigenvalue weighted by Gasteiger charge is -2.28. The Kier molecular flexibility index (Phi) is 4.54. The summed E-state index contributed by atoms with van der Waals surface area (Å²) in [5, 5.41) is 3.24. The minimum atomic E-state index is -0.329. The Morgan fingerprint density at radius 2 is 1.83 bits per heavy atom. The number of imide groups is 1. The van der Waals surface area contributed by atoms with Gasteiger partial charge in [0.2, 0.25) is 11.8 Å². The average molecular weight is 254 g/mol. The van der Waals surface area contributed by atoms with Gasteiger partial charge < -0.3 is 5.32 Å². The Labute approximate surface area is 110 Å². The SMILES string of the molecule is CC(C)N1C(=O)CC(NCC(C)C(C)(C)C)C1=O. The zero-order valence-corrected chi connectivity index (χ0v) is 12.4. The summed E-state index contributed by atoms with van der Waals surface area (Å²) in [6.07, 6.45) is 0.299. The van der Waals surface area contributed by atoms with Crippen LogP contribution in [0.3, 0.4) is 0 Å². The maximum atomic E-state index is 12.1. The second kappa shape index (κ2) is 5.39. The third-order valence-electron chi connectivity index (χ3n) is 3.85. The third kappa shape index (κ3) is 3.31. The van der Waals surface area contributed by atoms with Crippen LogP contribution in [-0.2, 0) is 9.59 Å². The number of amides is 2. The smallest absolute Gasteiger partial charge is 0.247 e. The fourth-order valence-corrected chi connectivity index (χ4v) is 1.98. The molecule has 1 saturated heterocycles. The molecule has 4 nitrogen and oxygen atoms in total. The van der Waals surface area contributed by atoms with Crippen LogP contribution in [0.2, 0.25) is 0 Å². The van der Waals surface area contributed by atoms with E-state index in [0.717, 1.165) is 6.54 Å². The molecule has 2 amide bonds. The van der Waals surface area contributed by atoms with Crippen molar-refractivity contribution in [1.82, 2.24) is 10.2 Å². The molecule has 18 heavy (non-hydrogen) atoms. The fourth-order valence-electron chi connectivity index (χ4n) is 1.98. The van der Waals surface area contributed by atoms with Gasteiger partial charge in [-0.15, -0.1) is 0 Å². The summed E-state index contributed by atoms with van der Waals surface area (Å²) < 4.78 is 0. The van der Waals surface area contributed by atoms with Crippen molar-refractivity contribution < 1.29 is 9.59 Å². The summed E-state index contributed by atoms with van der Waals surface area (Å²) in [4.78, 5) is 25.2. The molecule has 0 bridgehead atoms. The molecule has 2 unspecified atom stereocenters. The Hall–Kier alpha value is -0.900. The highest BCUT2D eigenvalue weighted by molar-refractivity contribution is 6.05. The summed E-state index contributed by atoms with van der Waals surface area (Å²) in [5.41, 5.74) is 0.205. The van der Waals surface area contributed by atoms with E-state index in [1.165, 1.54) is 4.90 Å². The quantitative estimate of drug-likeness (QED) is 0.778. The van der Waals surface area contributed by atoms with Gasteiger partial charge in [0, 0.05) is 6.04 Å². The zero-order chi connectivity index (χ0) is 14.1. The third-order valence-corrected chi connectivity index (χ3v) is 3.85.